The van der Waals surface area contributed by atoms with Gasteiger partial charge in [0.1, 0.15) is 0 Å². The Hall–Kier alpha value is -3.07. The van der Waals surface area contributed by atoms with E-state index in [0.29, 0.717) is 43.7 Å². The Balaban J connectivity index is 1.57. The first-order valence-corrected chi connectivity index (χ1v) is 7.86. The smallest absolute Gasteiger partial charge is 0.254 e. The predicted octanol–water partition coefficient (Wildman–Crippen LogP) is 1.41. The number of nitrogens with one attached hydrogen (secondary N) is 1. The van der Waals surface area contributed by atoms with Gasteiger partial charge >= 0.3 is 0 Å². The van der Waals surface area contributed by atoms with Crippen LogP contribution in [-0.2, 0) is 11.2 Å². The molecule has 6 heteroatoms. The molecule has 0 unspecified atom stereocenters. The second-order valence-electron chi connectivity index (χ2n) is 5.76. The molecule has 1 aromatic heterocycles. The van der Waals surface area contributed by atoms with Gasteiger partial charge in [0, 0.05) is 44.1 Å². The van der Waals surface area contributed by atoms with Crippen LogP contribution in [0.2, 0.25) is 0 Å². The average Bonchev–Trinajstić information content (AvgIpc) is 3.14. The maximum absolute atomic E-state index is 12.5. The number of piperazine rings is 1. The van der Waals surface area contributed by atoms with Gasteiger partial charge in [-0.15, -0.1) is 0 Å². The van der Waals surface area contributed by atoms with Gasteiger partial charge in [0.2, 0.25) is 5.91 Å². The highest BCUT2D eigenvalue weighted by Gasteiger charge is 2.25. The van der Waals surface area contributed by atoms with Crippen LogP contribution in [0.15, 0.2) is 42.7 Å². The molecule has 1 aliphatic heterocycles. The number of hydrogen-bond donors (Lipinski definition) is 1. The van der Waals surface area contributed by atoms with Gasteiger partial charge in [0.25, 0.3) is 5.91 Å². The summed E-state index contributed by atoms with van der Waals surface area (Å²) in [6.07, 6.45) is 4.00. The Labute approximate surface area is 140 Å². The minimum absolute atomic E-state index is 0.0770. The molecular weight excluding hydrogens is 304 g/mol. The zero-order valence-corrected chi connectivity index (χ0v) is 13.2. The van der Waals surface area contributed by atoms with Crippen LogP contribution < -0.4 is 0 Å². The first-order chi connectivity index (χ1) is 11.7. The Morgan fingerprint density at radius 2 is 1.88 bits per heavy atom. The van der Waals surface area contributed by atoms with Crippen LogP contribution in [0.1, 0.15) is 21.5 Å². The second-order valence-corrected chi connectivity index (χ2v) is 5.76. The SMILES string of the molecule is N#Cc1cccc(C(=O)N2CCN(C(=O)Cc3cc[nH]c3)CC2)c1. The van der Waals surface area contributed by atoms with Crippen molar-refractivity contribution in [1.82, 2.24) is 14.8 Å². The molecule has 0 atom stereocenters. The van der Waals surface area contributed by atoms with Crippen molar-refractivity contribution in [2.45, 2.75) is 6.42 Å². The van der Waals surface area contributed by atoms with Gasteiger partial charge < -0.3 is 14.8 Å². The summed E-state index contributed by atoms with van der Waals surface area (Å²) in [5.41, 5.74) is 1.95. The first kappa shape index (κ1) is 15.8. The summed E-state index contributed by atoms with van der Waals surface area (Å²) in [5.74, 6) is -0.0157. The number of rotatable bonds is 3. The van der Waals surface area contributed by atoms with Crippen LogP contribution in [0.4, 0.5) is 0 Å². The number of amides is 2. The number of aromatic amines is 1. The van der Waals surface area contributed by atoms with E-state index in [1.165, 1.54) is 0 Å². The molecule has 122 valence electrons. The third kappa shape index (κ3) is 3.46. The lowest BCUT2D eigenvalue weighted by Gasteiger charge is -2.34. The van der Waals surface area contributed by atoms with Crippen molar-refractivity contribution >= 4 is 11.8 Å². The standard InChI is InChI=1S/C18H18N4O2/c19-12-14-2-1-3-16(10-14)18(24)22-8-6-21(7-9-22)17(23)11-15-4-5-20-13-15/h1-5,10,13,20H,6-9,11H2. The molecule has 0 aliphatic carbocycles. The summed E-state index contributed by atoms with van der Waals surface area (Å²) in [4.78, 5) is 31.2. The highest BCUT2D eigenvalue weighted by molar-refractivity contribution is 5.94. The van der Waals surface area contributed by atoms with E-state index in [2.05, 4.69) is 4.98 Å². The second kappa shape index (κ2) is 7.01. The summed E-state index contributed by atoms with van der Waals surface area (Å²) >= 11 is 0. The number of benzene rings is 1. The average molecular weight is 322 g/mol. The summed E-state index contributed by atoms with van der Waals surface area (Å²) in [7, 11) is 0. The molecule has 2 aromatic rings. The van der Waals surface area contributed by atoms with Crippen molar-refractivity contribution in [3.05, 3.63) is 59.4 Å². The maximum Gasteiger partial charge on any atom is 0.254 e. The quantitative estimate of drug-likeness (QED) is 0.928. The van der Waals surface area contributed by atoms with E-state index < -0.39 is 0 Å². The van der Waals surface area contributed by atoms with Crippen LogP contribution in [0, 0.1) is 11.3 Å². The fraction of sp³-hybridized carbons (Fsp3) is 0.278. The number of nitriles is 1. The largest absolute Gasteiger partial charge is 0.367 e. The van der Waals surface area contributed by atoms with Gasteiger partial charge in [-0.05, 0) is 29.8 Å². The van der Waals surface area contributed by atoms with Crippen molar-refractivity contribution in [2.75, 3.05) is 26.2 Å². The third-order valence-corrected chi connectivity index (χ3v) is 4.18. The number of carbonyl (C=O) groups is 2. The number of hydrogen-bond acceptors (Lipinski definition) is 3. The van der Waals surface area contributed by atoms with Crippen molar-refractivity contribution in [3.63, 3.8) is 0 Å². The zero-order chi connectivity index (χ0) is 16.9. The topological polar surface area (TPSA) is 80.2 Å². The normalized spacial score (nSPS) is 14.3. The van der Waals surface area contributed by atoms with Gasteiger partial charge in [-0.1, -0.05) is 6.07 Å². The Kier molecular flexibility index (Phi) is 4.62. The molecule has 24 heavy (non-hydrogen) atoms. The molecule has 1 aromatic carbocycles. The minimum Gasteiger partial charge on any atom is -0.367 e. The third-order valence-electron chi connectivity index (χ3n) is 4.18. The van der Waals surface area contributed by atoms with Gasteiger partial charge in [-0.25, -0.2) is 0 Å². The highest BCUT2D eigenvalue weighted by Crippen LogP contribution is 2.12. The zero-order valence-electron chi connectivity index (χ0n) is 13.2. The van der Waals surface area contributed by atoms with E-state index in [0.717, 1.165) is 5.56 Å². The molecule has 1 aliphatic rings. The predicted molar refractivity (Wildman–Crippen MR) is 88.1 cm³/mol. The molecule has 0 radical (unpaired) electrons. The maximum atomic E-state index is 12.5. The van der Waals surface area contributed by atoms with Crippen LogP contribution >= 0.6 is 0 Å². The number of aromatic nitrogens is 1. The molecule has 0 bridgehead atoms. The van der Waals surface area contributed by atoms with Crippen LogP contribution in [0.3, 0.4) is 0 Å². The molecular formula is C18H18N4O2. The fourth-order valence-corrected chi connectivity index (χ4v) is 2.82. The molecule has 1 fully saturated rings. The summed E-state index contributed by atoms with van der Waals surface area (Å²) < 4.78 is 0. The molecule has 3 rings (SSSR count). The molecule has 0 spiro atoms. The Morgan fingerprint density at radius 3 is 2.54 bits per heavy atom. The van der Waals surface area contributed by atoms with E-state index in [1.807, 2.05) is 18.3 Å². The van der Waals surface area contributed by atoms with E-state index in [-0.39, 0.29) is 11.8 Å². The van der Waals surface area contributed by atoms with Crippen molar-refractivity contribution in [2.24, 2.45) is 0 Å². The van der Waals surface area contributed by atoms with E-state index in [9.17, 15) is 9.59 Å². The highest BCUT2D eigenvalue weighted by atomic mass is 16.2. The summed E-state index contributed by atoms with van der Waals surface area (Å²) in [5, 5.41) is 8.93. The van der Waals surface area contributed by atoms with E-state index >= 15 is 0 Å². The first-order valence-electron chi connectivity index (χ1n) is 7.86. The van der Waals surface area contributed by atoms with Crippen molar-refractivity contribution < 1.29 is 9.59 Å². The molecule has 1 N–H and O–H groups in total. The molecule has 1 saturated heterocycles. The van der Waals surface area contributed by atoms with Crippen LogP contribution in [0.25, 0.3) is 0 Å². The van der Waals surface area contributed by atoms with Crippen molar-refractivity contribution in [1.29, 1.82) is 5.26 Å². The molecule has 0 saturated carbocycles. The monoisotopic (exact) mass is 322 g/mol. The van der Waals surface area contributed by atoms with E-state index in [4.69, 9.17) is 5.26 Å². The summed E-state index contributed by atoms with van der Waals surface area (Å²) in [6, 6.07) is 10.6. The van der Waals surface area contributed by atoms with Gasteiger partial charge in [-0.2, -0.15) is 5.26 Å². The molecule has 2 heterocycles. The van der Waals surface area contributed by atoms with Crippen LogP contribution in [-0.4, -0.2) is 52.8 Å². The van der Waals surface area contributed by atoms with Gasteiger partial charge in [0.15, 0.2) is 0 Å². The Morgan fingerprint density at radius 1 is 1.12 bits per heavy atom. The lowest BCUT2D eigenvalue weighted by Crippen LogP contribution is -2.51. The fourth-order valence-electron chi connectivity index (χ4n) is 2.82. The lowest BCUT2D eigenvalue weighted by atomic mass is 10.1. The van der Waals surface area contributed by atoms with Gasteiger partial charge in [-0.3, -0.25) is 9.59 Å². The summed E-state index contributed by atoms with van der Waals surface area (Å²) in [6.45, 7) is 2.09. The van der Waals surface area contributed by atoms with E-state index in [1.54, 1.807) is 40.3 Å². The molecule has 2 amide bonds. The van der Waals surface area contributed by atoms with Crippen LogP contribution in [0.5, 0.6) is 0 Å². The number of carbonyl (C=O) groups excluding carboxylic acids is 2. The number of H-pyrrole nitrogens is 1. The van der Waals surface area contributed by atoms with Crippen molar-refractivity contribution in [3.8, 4) is 6.07 Å². The molecule has 6 nitrogen and oxygen atoms in total. The number of nitrogens with zero attached hydrogens (tertiary/aromatic N) is 3. The van der Waals surface area contributed by atoms with Gasteiger partial charge in [0.05, 0.1) is 18.1 Å². The minimum atomic E-state index is -0.0927. The lowest BCUT2D eigenvalue weighted by molar-refractivity contribution is -0.131. The Bertz CT molecular complexity index is 769.